The topological polar surface area (TPSA) is 37.3 Å². The van der Waals surface area contributed by atoms with E-state index in [1.54, 1.807) is 6.42 Å². The molecule has 3 aliphatic rings. The van der Waals surface area contributed by atoms with Crippen LogP contribution in [0.1, 0.15) is 79.6 Å². The average molecular weight is 282 g/mol. The molecule has 2 atom stereocenters. The molecule has 2 unspecified atom stereocenters. The van der Waals surface area contributed by atoms with Crippen molar-refractivity contribution >= 4 is 5.97 Å². The fourth-order valence-electron chi connectivity index (χ4n) is 3.25. The molecule has 3 rings (SSSR count). The van der Waals surface area contributed by atoms with Crippen LogP contribution in [0.15, 0.2) is 12.2 Å². The Kier molecular flexibility index (Phi) is 9.62. The van der Waals surface area contributed by atoms with E-state index in [2.05, 4.69) is 13.8 Å². The number of allylic oxidation sites excluding steroid dienone is 2. The maximum absolute atomic E-state index is 9.94. The minimum atomic E-state index is -0.709. The van der Waals surface area contributed by atoms with Crippen molar-refractivity contribution in [3.05, 3.63) is 12.2 Å². The van der Waals surface area contributed by atoms with Gasteiger partial charge in [-0.15, -0.1) is 0 Å². The van der Waals surface area contributed by atoms with Crippen molar-refractivity contribution in [2.75, 3.05) is 0 Å². The molecule has 0 aliphatic heterocycles. The number of carbonyl (C=O) groups is 1. The number of fused-ring (bicyclic) bond motifs is 2. The van der Waals surface area contributed by atoms with Crippen molar-refractivity contribution in [3.63, 3.8) is 0 Å². The summed E-state index contributed by atoms with van der Waals surface area (Å²) in [5, 5.41) is 8.19. The largest absolute Gasteiger partial charge is 0.481 e. The molecule has 3 fully saturated rings. The van der Waals surface area contributed by atoms with Crippen LogP contribution < -0.4 is 0 Å². The first-order valence-corrected chi connectivity index (χ1v) is 8.31. The Bertz CT molecular complexity index is 276. The number of carboxylic acids is 1. The van der Waals surface area contributed by atoms with Crippen molar-refractivity contribution in [3.8, 4) is 0 Å². The smallest absolute Gasteiger partial charge is 0.303 e. The quantitative estimate of drug-likeness (QED) is 0.532. The Hall–Kier alpha value is -0.790. The molecular formula is C18H34O2. The van der Waals surface area contributed by atoms with Gasteiger partial charge in [-0.3, -0.25) is 4.79 Å². The van der Waals surface area contributed by atoms with Crippen molar-refractivity contribution in [2.45, 2.75) is 79.6 Å². The molecule has 0 amide bonds. The summed E-state index contributed by atoms with van der Waals surface area (Å²) in [6.45, 7) is 10.8. The lowest BCUT2D eigenvalue weighted by molar-refractivity contribution is -0.137. The van der Waals surface area contributed by atoms with Gasteiger partial charge in [0.25, 0.3) is 0 Å². The molecule has 0 saturated heterocycles. The Labute approximate surface area is 125 Å². The van der Waals surface area contributed by atoms with Crippen molar-refractivity contribution in [1.29, 1.82) is 0 Å². The van der Waals surface area contributed by atoms with Crippen LogP contribution in [-0.2, 0) is 4.79 Å². The van der Waals surface area contributed by atoms with Gasteiger partial charge in [-0.2, -0.15) is 0 Å². The van der Waals surface area contributed by atoms with Crippen molar-refractivity contribution in [2.24, 2.45) is 17.3 Å². The number of unbranched alkanes of at least 4 members (excludes halogenated alkanes) is 1. The van der Waals surface area contributed by atoms with E-state index < -0.39 is 5.97 Å². The molecule has 0 heterocycles. The SMILES string of the molecule is C/C=C\CCCC(=O)O.CC.CC1(C)C2CCCC1C2. The highest BCUT2D eigenvalue weighted by Gasteiger charge is 2.49. The lowest BCUT2D eigenvalue weighted by Gasteiger charge is -2.56. The van der Waals surface area contributed by atoms with Crippen LogP contribution >= 0.6 is 0 Å². The summed E-state index contributed by atoms with van der Waals surface area (Å²) in [5.41, 5.74) is 0.734. The molecule has 2 bridgehead atoms. The van der Waals surface area contributed by atoms with E-state index in [-0.39, 0.29) is 6.42 Å². The Morgan fingerprint density at radius 2 is 1.80 bits per heavy atom. The predicted octanol–water partition coefficient (Wildman–Crippen LogP) is 5.68. The monoisotopic (exact) mass is 282 g/mol. The molecule has 2 nitrogen and oxygen atoms in total. The molecule has 118 valence electrons. The Balaban J connectivity index is 0.000000321. The van der Waals surface area contributed by atoms with Crippen LogP contribution in [0.25, 0.3) is 0 Å². The highest BCUT2D eigenvalue weighted by molar-refractivity contribution is 5.66. The van der Waals surface area contributed by atoms with Gasteiger partial charge >= 0.3 is 5.97 Å². The van der Waals surface area contributed by atoms with Gasteiger partial charge in [0, 0.05) is 6.42 Å². The van der Waals surface area contributed by atoms with Crippen molar-refractivity contribution < 1.29 is 9.90 Å². The summed E-state index contributed by atoms with van der Waals surface area (Å²) in [7, 11) is 0. The van der Waals surface area contributed by atoms with Gasteiger partial charge in [-0.25, -0.2) is 0 Å². The summed E-state index contributed by atoms with van der Waals surface area (Å²) in [6.07, 6.45) is 11.9. The van der Waals surface area contributed by atoms with Gasteiger partial charge in [-0.1, -0.05) is 46.3 Å². The summed E-state index contributed by atoms with van der Waals surface area (Å²) >= 11 is 0. The van der Waals surface area contributed by atoms with Gasteiger partial charge < -0.3 is 5.11 Å². The highest BCUT2D eigenvalue weighted by Crippen LogP contribution is 2.58. The second kappa shape index (κ2) is 10.0. The maximum Gasteiger partial charge on any atom is 0.303 e. The minimum absolute atomic E-state index is 0.282. The molecule has 0 aromatic heterocycles. The van der Waals surface area contributed by atoms with E-state index in [0.717, 1.165) is 30.1 Å². The second-order valence-corrected chi connectivity index (χ2v) is 6.24. The van der Waals surface area contributed by atoms with Gasteiger partial charge in [0.15, 0.2) is 0 Å². The number of hydrogen-bond donors (Lipinski definition) is 1. The first-order valence-electron chi connectivity index (χ1n) is 8.31. The van der Waals surface area contributed by atoms with E-state index >= 15 is 0 Å². The molecule has 2 heteroatoms. The van der Waals surface area contributed by atoms with Gasteiger partial charge in [0.1, 0.15) is 0 Å². The summed E-state index contributed by atoms with van der Waals surface area (Å²) in [5.74, 6) is 1.48. The lowest BCUT2D eigenvalue weighted by atomic mass is 9.49. The first kappa shape index (κ1) is 19.2. The van der Waals surface area contributed by atoms with E-state index in [4.69, 9.17) is 5.11 Å². The first-order chi connectivity index (χ1) is 9.48. The fourth-order valence-corrected chi connectivity index (χ4v) is 3.25. The zero-order chi connectivity index (χ0) is 15.6. The molecule has 3 saturated carbocycles. The summed E-state index contributed by atoms with van der Waals surface area (Å²) in [4.78, 5) is 9.94. The minimum Gasteiger partial charge on any atom is -0.481 e. The molecule has 0 spiro atoms. The average Bonchev–Trinajstić information content (AvgIpc) is 2.47. The van der Waals surface area contributed by atoms with E-state index in [1.807, 2.05) is 32.9 Å². The van der Waals surface area contributed by atoms with Crippen LogP contribution in [0, 0.1) is 17.3 Å². The molecule has 20 heavy (non-hydrogen) atoms. The highest BCUT2D eigenvalue weighted by atomic mass is 16.4. The maximum atomic E-state index is 9.94. The molecule has 0 aromatic rings. The zero-order valence-corrected chi connectivity index (χ0v) is 14.1. The summed E-state index contributed by atoms with van der Waals surface area (Å²) < 4.78 is 0. The van der Waals surface area contributed by atoms with Crippen LogP contribution in [0.5, 0.6) is 0 Å². The van der Waals surface area contributed by atoms with E-state index in [0.29, 0.717) is 0 Å². The van der Waals surface area contributed by atoms with Gasteiger partial charge in [0.2, 0.25) is 0 Å². The number of hydrogen-bond acceptors (Lipinski definition) is 1. The Morgan fingerprint density at radius 3 is 2.10 bits per heavy atom. The van der Waals surface area contributed by atoms with Crippen LogP contribution in [0.3, 0.4) is 0 Å². The van der Waals surface area contributed by atoms with Crippen LogP contribution in [-0.4, -0.2) is 11.1 Å². The molecule has 1 N–H and O–H groups in total. The van der Waals surface area contributed by atoms with Crippen LogP contribution in [0.2, 0.25) is 0 Å². The third-order valence-electron chi connectivity index (χ3n) is 4.78. The Morgan fingerprint density at radius 1 is 1.25 bits per heavy atom. The number of carboxylic acid groups (broad SMARTS) is 1. The number of aliphatic carboxylic acids is 1. The lowest BCUT2D eigenvalue weighted by Crippen LogP contribution is -2.47. The standard InChI is InChI=1S/C9H16.C7H12O2.C2H6/c1-9(2)7-4-3-5-8(9)6-7;1-2-3-4-5-6-7(8)9;1-2/h7-8H,3-6H2,1-2H3;2-3H,4-6H2,1H3,(H,8,9);1-2H3/b;3-2-;. The molecule has 3 aliphatic carbocycles. The zero-order valence-electron chi connectivity index (χ0n) is 14.1. The van der Waals surface area contributed by atoms with E-state index in [9.17, 15) is 4.79 Å². The predicted molar refractivity (Wildman–Crippen MR) is 86.9 cm³/mol. The van der Waals surface area contributed by atoms with Crippen LogP contribution in [0.4, 0.5) is 0 Å². The normalized spacial score (nSPS) is 25.6. The number of rotatable bonds is 4. The fraction of sp³-hybridized carbons (Fsp3) is 0.833. The van der Waals surface area contributed by atoms with Gasteiger partial charge in [-0.05, 0) is 56.3 Å². The molecule has 0 radical (unpaired) electrons. The van der Waals surface area contributed by atoms with Gasteiger partial charge in [0.05, 0.1) is 0 Å². The third kappa shape index (κ3) is 6.11. The third-order valence-corrected chi connectivity index (χ3v) is 4.78. The second-order valence-electron chi connectivity index (χ2n) is 6.24. The molecule has 0 aromatic carbocycles. The molecular weight excluding hydrogens is 248 g/mol. The summed E-state index contributed by atoms with van der Waals surface area (Å²) in [6, 6.07) is 0. The van der Waals surface area contributed by atoms with Crippen molar-refractivity contribution in [1.82, 2.24) is 0 Å². The van der Waals surface area contributed by atoms with E-state index in [1.165, 1.54) is 19.3 Å².